The Morgan fingerprint density at radius 3 is 2.71 bits per heavy atom. The molecule has 5 heteroatoms. The van der Waals surface area contributed by atoms with Crippen molar-refractivity contribution in [3.63, 3.8) is 0 Å². The molecular formula is C16H24N2O3. The van der Waals surface area contributed by atoms with E-state index in [4.69, 9.17) is 4.74 Å². The van der Waals surface area contributed by atoms with Crippen LogP contribution in [0.4, 0.5) is 0 Å². The van der Waals surface area contributed by atoms with Crippen molar-refractivity contribution in [3.05, 3.63) is 23.9 Å². The molecule has 0 aliphatic heterocycles. The number of carbonyl (C=O) groups excluding carboxylic acids is 1. The number of ether oxygens (including phenoxy) is 1. The highest BCUT2D eigenvalue weighted by Gasteiger charge is 2.23. The molecular weight excluding hydrogens is 268 g/mol. The Hall–Kier alpha value is -1.62. The molecule has 1 aromatic rings. The molecule has 1 unspecified atom stereocenters. The summed E-state index contributed by atoms with van der Waals surface area (Å²) in [6.07, 6.45) is 3.38. The molecule has 2 N–H and O–H groups in total. The molecule has 5 nitrogen and oxygen atoms in total. The van der Waals surface area contributed by atoms with E-state index in [1.54, 1.807) is 12.1 Å². The first-order chi connectivity index (χ1) is 9.86. The van der Waals surface area contributed by atoms with Gasteiger partial charge in [-0.3, -0.25) is 4.79 Å². The van der Waals surface area contributed by atoms with E-state index >= 15 is 0 Å². The molecule has 21 heavy (non-hydrogen) atoms. The number of aromatic nitrogens is 1. The zero-order valence-corrected chi connectivity index (χ0v) is 12.9. The molecule has 1 amide bonds. The van der Waals surface area contributed by atoms with Gasteiger partial charge in [-0.05, 0) is 30.2 Å². The molecule has 1 atom stereocenters. The summed E-state index contributed by atoms with van der Waals surface area (Å²) in [5, 5.41) is 12.6. The maximum Gasteiger partial charge on any atom is 0.252 e. The third-order valence-corrected chi connectivity index (χ3v) is 3.62. The van der Waals surface area contributed by atoms with Crippen molar-refractivity contribution >= 4 is 5.91 Å². The Morgan fingerprint density at radius 1 is 1.48 bits per heavy atom. The molecule has 1 fully saturated rings. The summed E-state index contributed by atoms with van der Waals surface area (Å²) in [6, 6.07) is 3.39. The summed E-state index contributed by atoms with van der Waals surface area (Å²) >= 11 is 0. The van der Waals surface area contributed by atoms with E-state index in [1.807, 2.05) is 20.8 Å². The van der Waals surface area contributed by atoms with Crippen LogP contribution in [-0.2, 0) is 0 Å². The number of hydrogen-bond acceptors (Lipinski definition) is 4. The quantitative estimate of drug-likeness (QED) is 0.841. The fraction of sp³-hybridized carbons (Fsp3) is 0.625. The zero-order chi connectivity index (χ0) is 15.5. The van der Waals surface area contributed by atoms with E-state index < -0.39 is 6.10 Å². The SMILES string of the molecule is CC(C)(C)C(O)CNC(=O)c1ccc(OCC2CC2)nc1. The third-order valence-electron chi connectivity index (χ3n) is 3.62. The largest absolute Gasteiger partial charge is 0.477 e. The van der Waals surface area contributed by atoms with Gasteiger partial charge in [0, 0.05) is 18.8 Å². The van der Waals surface area contributed by atoms with Gasteiger partial charge in [-0.2, -0.15) is 0 Å². The number of amides is 1. The number of carbonyl (C=O) groups is 1. The summed E-state index contributed by atoms with van der Waals surface area (Å²) in [5.41, 5.74) is 0.210. The molecule has 1 saturated carbocycles. The van der Waals surface area contributed by atoms with E-state index in [0.29, 0.717) is 24.0 Å². The predicted octanol–water partition coefficient (Wildman–Crippen LogP) is 2.01. The number of nitrogens with zero attached hydrogens (tertiary/aromatic N) is 1. The summed E-state index contributed by atoms with van der Waals surface area (Å²) in [6.45, 7) is 6.71. The van der Waals surface area contributed by atoms with Gasteiger partial charge in [0.15, 0.2) is 0 Å². The van der Waals surface area contributed by atoms with Crippen LogP contribution in [0.1, 0.15) is 44.0 Å². The Kier molecular flexibility index (Phi) is 4.83. The molecule has 0 aromatic carbocycles. The van der Waals surface area contributed by atoms with E-state index in [0.717, 1.165) is 0 Å². The van der Waals surface area contributed by atoms with E-state index in [-0.39, 0.29) is 17.9 Å². The first kappa shape index (κ1) is 15.8. The summed E-state index contributed by atoms with van der Waals surface area (Å²) in [4.78, 5) is 16.1. The normalized spacial score (nSPS) is 16.4. The van der Waals surface area contributed by atoms with Crippen LogP contribution >= 0.6 is 0 Å². The lowest BCUT2D eigenvalue weighted by molar-refractivity contribution is 0.0586. The first-order valence-corrected chi connectivity index (χ1v) is 7.41. The molecule has 1 aromatic heterocycles. The van der Waals surface area contributed by atoms with Crippen molar-refractivity contribution in [2.45, 2.75) is 39.7 Å². The van der Waals surface area contributed by atoms with Crippen LogP contribution in [0.25, 0.3) is 0 Å². The highest BCUT2D eigenvalue weighted by Crippen LogP contribution is 2.29. The summed E-state index contributed by atoms with van der Waals surface area (Å²) in [5.74, 6) is 0.987. The van der Waals surface area contributed by atoms with Crippen LogP contribution in [0, 0.1) is 11.3 Å². The topological polar surface area (TPSA) is 71.5 Å². The molecule has 1 heterocycles. The van der Waals surface area contributed by atoms with Crippen molar-refractivity contribution in [2.75, 3.05) is 13.2 Å². The molecule has 1 aliphatic rings. The van der Waals surface area contributed by atoms with Crippen LogP contribution in [0.3, 0.4) is 0 Å². The number of hydrogen-bond donors (Lipinski definition) is 2. The smallest absolute Gasteiger partial charge is 0.252 e. The number of pyridine rings is 1. The summed E-state index contributed by atoms with van der Waals surface area (Å²) in [7, 11) is 0. The maximum atomic E-state index is 12.0. The third kappa shape index (κ3) is 5.01. The monoisotopic (exact) mass is 292 g/mol. The average Bonchev–Trinajstić information content (AvgIpc) is 3.25. The van der Waals surface area contributed by atoms with E-state index in [9.17, 15) is 9.90 Å². The second-order valence-corrected chi connectivity index (χ2v) is 6.73. The minimum absolute atomic E-state index is 0.224. The fourth-order valence-corrected chi connectivity index (χ4v) is 1.69. The van der Waals surface area contributed by atoms with Gasteiger partial charge in [0.25, 0.3) is 5.91 Å². The molecule has 116 valence electrons. The maximum absolute atomic E-state index is 12.0. The molecule has 0 radical (unpaired) electrons. The van der Waals surface area contributed by atoms with Gasteiger partial charge in [-0.25, -0.2) is 4.98 Å². The van der Waals surface area contributed by atoms with Crippen LogP contribution < -0.4 is 10.1 Å². The van der Waals surface area contributed by atoms with Gasteiger partial charge in [-0.1, -0.05) is 20.8 Å². The Bertz CT molecular complexity index is 475. The van der Waals surface area contributed by atoms with Crippen molar-refractivity contribution in [3.8, 4) is 5.88 Å². The second kappa shape index (κ2) is 6.43. The lowest BCUT2D eigenvalue weighted by atomic mass is 9.89. The molecule has 1 aliphatic carbocycles. The van der Waals surface area contributed by atoms with Gasteiger partial charge in [0.1, 0.15) is 0 Å². The van der Waals surface area contributed by atoms with Gasteiger partial charge in [0.2, 0.25) is 5.88 Å². The van der Waals surface area contributed by atoms with E-state index in [2.05, 4.69) is 10.3 Å². The van der Waals surface area contributed by atoms with E-state index in [1.165, 1.54) is 19.0 Å². The van der Waals surface area contributed by atoms with Crippen LogP contribution in [0.5, 0.6) is 5.88 Å². The Labute approximate surface area is 125 Å². The minimum Gasteiger partial charge on any atom is -0.477 e. The van der Waals surface area contributed by atoms with Crippen LogP contribution in [0.15, 0.2) is 18.3 Å². The molecule has 0 saturated heterocycles. The lowest BCUT2D eigenvalue weighted by Gasteiger charge is -2.25. The van der Waals surface area contributed by atoms with Crippen molar-refractivity contribution in [2.24, 2.45) is 11.3 Å². The van der Waals surface area contributed by atoms with Crippen LogP contribution in [-0.4, -0.2) is 35.3 Å². The number of aliphatic hydroxyl groups is 1. The summed E-state index contributed by atoms with van der Waals surface area (Å²) < 4.78 is 5.52. The van der Waals surface area contributed by atoms with Crippen molar-refractivity contribution in [1.82, 2.24) is 10.3 Å². The Morgan fingerprint density at radius 2 is 2.19 bits per heavy atom. The number of aliphatic hydroxyl groups excluding tert-OH is 1. The van der Waals surface area contributed by atoms with Gasteiger partial charge < -0.3 is 15.2 Å². The van der Waals surface area contributed by atoms with Crippen molar-refractivity contribution < 1.29 is 14.6 Å². The highest BCUT2D eigenvalue weighted by atomic mass is 16.5. The van der Waals surface area contributed by atoms with Gasteiger partial charge in [-0.15, -0.1) is 0 Å². The molecule has 2 rings (SSSR count). The highest BCUT2D eigenvalue weighted by molar-refractivity contribution is 5.93. The second-order valence-electron chi connectivity index (χ2n) is 6.73. The predicted molar refractivity (Wildman–Crippen MR) is 80.3 cm³/mol. The van der Waals surface area contributed by atoms with Crippen LogP contribution in [0.2, 0.25) is 0 Å². The number of rotatable bonds is 6. The molecule has 0 bridgehead atoms. The average molecular weight is 292 g/mol. The fourth-order valence-electron chi connectivity index (χ4n) is 1.69. The minimum atomic E-state index is -0.587. The first-order valence-electron chi connectivity index (χ1n) is 7.41. The van der Waals surface area contributed by atoms with Gasteiger partial charge >= 0.3 is 0 Å². The van der Waals surface area contributed by atoms with Gasteiger partial charge in [0.05, 0.1) is 18.3 Å². The number of nitrogens with one attached hydrogen (secondary N) is 1. The Balaban J connectivity index is 1.81. The molecule has 0 spiro atoms. The standard InChI is InChI=1S/C16H24N2O3/c1-16(2,3)13(19)9-18-15(20)12-6-7-14(17-8-12)21-10-11-4-5-11/h6-8,11,13,19H,4-5,9-10H2,1-3H3,(H,18,20). The lowest BCUT2D eigenvalue weighted by Crippen LogP contribution is -2.39. The zero-order valence-electron chi connectivity index (χ0n) is 12.9. The van der Waals surface area contributed by atoms with Crippen molar-refractivity contribution in [1.29, 1.82) is 0 Å².